The zero-order chi connectivity index (χ0) is 19.4. The van der Waals surface area contributed by atoms with Crippen molar-refractivity contribution >= 4 is 6.03 Å². The summed E-state index contributed by atoms with van der Waals surface area (Å²) in [6.45, 7) is 6.48. The molecule has 1 atom stereocenters. The SMILES string of the molecule is CC(C)CCNC(=O)N1CCCC(c2nnnn2C2CCCC2)(N(C)C)C1. The zero-order valence-corrected chi connectivity index (χ0v) is 17.3. The van der Waals surface area contributed by atoms with Crippen molar-refractivity contribution in [2.24, 2.45) is 5.92 Å². The summed E-state index contributed by atoms with van der Waals surface area (Å²) >= 11 is 0. The Bertz CT molecular complexity index is 623. The molecule has 1 aliphatic heterocycles. The van der Waals surface area contributed by atoms with Crippen LogP contribution in [0, 0.1) is 5.92 Å². The number of likely N-dealkylation sites (tertiary alicyclic amines) is 1. The molecule has 1 saturated heterocycles. The first-order valence-corrected chi connectivity index (χ1v) is 10.4. The standard InChI is InChI=1S/C19H35N7O/c1-15(2)10-12-20-18(27)25-13-7-11-19(14-25,24(3)4)17-21-22-23-26(17)16-8-5-6-9-16/h15-16H,5-14H2,1-4H3,(H,20,27). The number of aromatic nitrogens is 4. The molecule has 1 aromatic heterocycles. The summed E-state index contributed by atoms with van der Waals surface area (Å²) in [5.41, 5.74) is -0.334. The molecule has 1 N–H and O–H groups in total. The van der Waals surface area contributed by atoms with Crippen LogP contribution in [0.15, 0.2) is 0 Å². The maximum Gasteiger partial charge on any atom is 0.317 e. The third kappa shape index (κ3) is 4.25. The number of nitrogens with one attached hydrogen (secondary N) is 1. The first-order chi connectivity index (χ1) is 12.9. The average Bonchev–Trinajstić information content (AvgIpc) is 3.32. The van der Waals surface area contributed by atoms with Crippen molar-refractivity contribution in [1.29, 1.82) is 0 Å². The van der Waals surface area contributed by atoms with Gasteiger partial charge in [-0.15, -0.1) is 5.10 Å². The lowest BCUT2D eigenvalue weighted by Gasteiger charge is -2.46. The predicted molar refractivity (Wildman–Crippen MR) is 104 cm³/mol. The molecule has 2 heterocycles. The van der Waals surface area contributed by atoms with E-state index in [0.29, 0.717) is 18.5 Å². The van der Waals surface area contributed by atoms with E-state index in [4.69, 9.17) is 0 Å². The molecular weight excluding hydrogens is 342 g/mol. The predicted octanol–water partition coefficient (Wildman–Crippen LogP) is 2.40. The van der Waals surface area contributed by atoms with Crippen molar-refractivity contribution in [2.45, 2.75) is 70.4 Å². The lowest BCUT2D eigenvalue weighted by atomic mass is 9.86. The van der Waals surface area contributed by atoms with Gasteiger partial charge in [0.15, 0.2) is 5.82 Å². The van der Waals surface area contributed by atoms with Gasteiger partial charge < -0.3 is 10.2 Å². The number of nitrogens with zero attached hydrogens (tertiary/aromatic N) is 6. The Morgan fingerprint density at radius 3 is 2.70 bits per heavy atom. The molecule has 1 unspecified atom stereocenters. The van der Waals surface area contributed by atoms with Crippen molar-refractivity contribution in [3.63, 3.8) is 0 Å². The van der Waals surface area contributed by atoms with Crippen LogP contribution in [0.5, 0.6) is 0 Å². The van der Waals surface area contributed by atoms with Crippen LogP contribution in [-0.2, 0) is 5.54 Å². The summed E-state index contributed by atoms with van der Waals surface area (Å²) in [7, 11) is 4.15. The number of piperidine rings is 1. The second-order valence-corrected chi connectivity index (χ2v) is 8.75. The summed E-state index contributed by atoms with van der Waals surface area (Å²) in [5, 5.41) is 15.9. The van der Waals surface area contributed by atoms with E-state index >= 15 is 0 Å². The molecule has 8 nitrogen and oxygen atoms in total. The number of rotatable bonds is 6. The molecule has 152 valence electrons. The fraction of sp³-hybridized carbons (Fsp3) is 0.895. The molecule has 2 aliphatic rings. The number of amides is 2. The Hall–Kier alpha value is -1.70. The summed E-state index contributed by atoms with van der Waals surface area (Å²) < 4.78 is 2.05. The number of hydrogen-bond donors (Lipinski definition) is 1. The lowest BCUT2D eigenvalue weighted by Crippen LogP contribution is -2.58. The summed E-state index contributed by atoms with van der Waals surface area (Å²) in [6, 6.07) is 0.420. The average molecular weight is 378 g/mol. The summed E-state index contributed by atoms with van der Waals surface area (Å²) in [6.07, 6.45) is 7.67. The number of likely N-dealkylation sites (N-methyl/N-ethyl adjacent to an activating group) is 1. The summed E-state index contributed by atoms with van der Waals surface area (Å²) in [4.78, 5) is 16.9. The normalized spacial score (nSPS) is 24.1. The van der Waals surface area contributed by atoms with Crippen LogP contribution in [0.2, 0.25) is 0 Å². The highest BCUT2D eigenvalue weighted by Gasteiger charge is 2.45. The third-order valence-corrected chi connectivity index (χ3v) is 6.19. The molecule has 0 radical (unpaired) electrons. The molecule has 1 saturated carbocycles. The van der Waals surface area contributed by atoms with E-state index in [2.05, 4.69) is 53.7 Å². The van der Waals surface area contributed by atoms with E-state index in [0.717, 1.165) is 51.0 Å². The Morgan fingerprint density at radius 1 is 1.30 bits per heavy atom. The minimum absolute atomic E-state index is 0.0291. The van der Waals surface area contributed by atoms with Gasteiger partial charge in [0, 0.05) is 19.6 Å². The smallest absolute Gasteiger partial charge is 0.317 e. The second-order valence-electron chi connectivity index (χ2n) is 8.75. The number of tetrazole rings is 1. The van der Waals surface area contributed by atoms with Gasteiger partial charge in [-0.25, -0.2) is 9.48 Å². The molecular formula is C19H35N7O. The maximum atomic E-state index is 12.7. The largest absolute Gasteiger partial charge is 0.338 e. The molecule has 0 bridgehead atoms. The number of carbonyl (C=O) groups excluding carboxylic acids is 1. The second kappa shape index (κ2) is 8.54. The number of urea groups is 1. The van der Waals surface area contributed by atoms with Gasteiger partial charge in [-0.05, 0) is 62.5 Å². The fourth-order valence-corrected chi connectivity index (χ4v) is 4.43. The van der Waals surface area contributed by atoms with Crippen LogP contribution < -0.4 is 5.32 Å². The highest BCUT2D eigenvalue weighted by atomic mass is 16.2. The van der Waals surface area contributed by atoms with Crippen molar-refractivity contribution in [1.82, 2.24) is 35.3 Å². The van der Waals surface area contributed by atoms with Crippen LogP contribution in [0.1, 0.15) is 70.7 Å². The Morgan fingerprint density at radius 2 is 2.04 bits per heavy atom. The molecule has 0 aromatic carbocycles. The first-order valence-electron chi connectivity index (χ1n) is 10.4. The van der Waals surface area contributed by atoms with Crippen LogP contribution in [0.25, 0.3) is 0 Å². The minimum atomic E-state index is -0.334. The van der Waals surface area contributed by atoms with Gasteiger partial charge in [0.05, 0.1) is 6.04 Å². The number of carbonyl (C=O) groups is 1. The monoisotopic (exact) mass is 377 g/mol. The van der Waals surface area contributed by atoms with E-state index in [-0.39, 0.29) is 11.6 Å². The zero-order valence-electron chi connectivity index (χ0n) is 17.3. The van der Waals surface area contributed by atoms with Crippen molar-refractivity contribution < 1.29 is 4.79 Å². The van der Waals surface area contributed by atoms with Gasteiger partial charge in [-0.2, -0.15) is 0 Å². The van der Waals surface area contributed by atoms with E-state index in [9.17, 15) is 4.79 Å². The van der Waals surface area contributed by atoms with E-state index < -0.39 is 0 Å². The molecule has 1 aromatic rings. The van der Waals surface area contributed by atoms with Crippen LogP contribution in [0.4, 0.5) is 4.79 Å². The first kappa shape index (κ1) is 20.0. The molecule has 2 fully saturated rings. The Labute approximate surface area is 162 Å². The molecule has 2 amide bonds. The molecule has 0 spiro atoms. The van der Waals surface area contributed by atoms with E-state index in [1.807, 2.05) is 9.58 Å². The molecule has 27 heavy (non-hydrogen) atoms. The van der Waals surface area contributed by atoms with Gasteiger partial charge in [0.2, 0.25) is 0 Å². The van der Waals surface area contributed by atoms with Crippen molar-refractivity contribution in [2.75, 3.05) is 33.7 Å². The van der Waals surface area contributed by atoms with E-state index in [1.165, 1.54) is 12.8 Å². The summed E-state index contributed by atoms with van der Waals surface area (Å²) in [5.74, 6) is 1.50. The third-order valence-electron chi connectivity index (χ3n) is 6.19. The Balaban J connectivity index is 1.78. The lowest BCUT2D eigenvalue weighted by molar-refractivity contribution is 0.0444. The topological polar surface area (TPSA) is 79.2 Å². The van der Waals surface area contributed by atoms with E-state index in [1.54, 1.807) is 0 Å². The van der Waals surface area contributed by atoms with Crippen LogP contribution >= 0.6 is 0 Å². The number of hydrogen-bond acceptors (Lipinski definition) is 5. The minimum Gasteiger partial charge on any atom is -0.338 e. The molecule has 8 heteroatoms. The van der Waals surface area contributed by atoms with Gasteiger partial charge in [0.1, 0.15) is 5.54 Å². The Kier molecular flexibility index (Phi) is 6.34. The van der Waals surface area contributed by atoms with Gasteiger partial charge >= 0.3 is 6.03 Å². The van der Waals surface area contributed by atoms with Gasteiger partial charge in [-0.3, -0.25) is 4.90 Å². The van der Waals surface area contributed by atoms with Crippen molar-refractivity contribution in [3.05, 3.63) is 5.82 Å². The quantitative estimate of drug-likeness (QED) is 0.823. The van der Waals surface area contributed by atoms with Crippen LogP contribution in [-0.4, -0.2) is 69.8 Å². The molecule has 1 aliphatic carbocycles. The highest BCUT2D eigenvalue weighted by Crippen LogP contribution is 2.38. The van der Waals surface area contributed by atoms with Gasteiger partial charge in [-0.1, -0.05) is 26.7 Å². The fourth-order valence-electron chi connectivity index (χ4n) is 4.43. The highest BCUT2D eigenvalue weighted by molar-refractivity contribution is 5.74. The van der Waals surface area contributed by atoms with Crippen molar-refractivity contribution in [3.8, 4) is 0 Å². The maximum absolute atomic E-state index is 12.7. The van der Waals surface area contributed by atoms with Gasteiger partial charge in [0.25, 0.3) is 0 Å². The molecule has 3 rings (SSSR count). The van der Waals surface area contributed by atoms with Crippen LogP contribution in [0.3, 0.4) is 0 Å².